The van der Waals surface area contributed by atoms with E-state index in [1.54, 1.807) is 6.07 Å². The van der Waals surface area contributed by atoms with Gasteiger partial charge in [-0.15, -0.1) is 0 Å². The van der Waals surface area contributed by atoms with Gasteiger partial charge in [-0.3, -0.25) is 0 Å². The molecule has 1 unspecified atom stereocenters. The number of nitrogens with two attached hydrogens (primary N) is 1. The minimum atomic E-state index is -0.653. The Balaban J connectivity index is 2.15. The van der Waals surface area contributed by atoms with Gasteiger partial charge in [0.2, 0.25) is 0 Å². The average Bonchev–Trinajstić information content (AvgIpc) is 2.39. The van der Waals surface area contributed by atoms with E-state index in [0.29, 0.717) is 0 Å². The Bertz CT molecular complexity index is 522. The molecular weight excluding hydrogens is 287 g/mol. The third kappa shape index (κ3) is 3.32. The van der Waals surface area contributed by atoms with Gasteiger partial charge < -0.3 is 5.73 Å². The SMILES string of the molecule is NC(Cc1c(F)cccc1F)Cc1c(F)cccc1Cl. The minimum Gasteiger partial charge on any atom is -0.327 e. The van der Waals surface area contributed by atoms with Crippen molar-refractivity contribution in [2.45, 2.75) is 18.9 Å². The first-order valence-electron chi connectivity index (χ1n) is 6.10. The fourth-order valence-corrected chi connectivity index (χ4v) is 2.29. The summed E-state index contributed by atoms with van der Waals surface area (Å²) >= 11 is 5.90. The lowest BCUT2D eigenvalue weighted by Crippen LogP contribution is -2.27. The van der Waals surface area contributed by atoms with E-state index in [9.17, 15) is 13.2 Å². The van der Waals surface area contributed by atoms with Crippen LogP contribution in [0.25, 0.3) is 0 Å². The molecule has 1 atom stereocenters. The summed E-state index contributed by atoms with van der Waals surface area (Å²) in [6.07, 6.45) is 0.0858. The maximum Gasteiger partial charge on any atom is 0.129 e. The first-order chi connectivity index (χ1) is 9.49. The highest BCUT2D eigenvalue weighted by Gasteiger charge is 2.16. The van der Waals surface area contributed by atoms with Crippen molar-refractivity contribution in [3.63, 3.8) is 0 Å². The molecule has 0 aliphatic carbocycles. The molecule has 2 rings (SSSR count). The van der Waals surface area contributed by atoms with Gasteiger partial charge in [-0.1, -0.05) is 23.7 Å². The van der Waals surface area contributed by atoms with Gasteiger partial charge in [0, 0.05) is 22.2 Å². The highest BCUT2D eigenvalue weighted by atomic mass is 35.5. The Hall–Kier alpha value is -1.52. The number of hydrogen-bond donors (Lipinski definition) is 1. The summed E-state index contributed by atoms with van der Waals surface area (Å²) in [5, 5.41) is 0.259. The summed E-state index contributed by atoms with van der Waals surface area (Å²) in [5.74, 6) is -1.78. The molecule has 0 spiro atoms. The molecule has 0 radical (unpaired) electrons. The Kier molecular flexibility index (Phi) is 4.68. The van der Waals surface area contributed by atoms with E-state index in [1.165, 1.54) is 30.3 Å². The molecule has 0 fully saturated rings. The highest BCUT2D eigenvalue weighted by Crippen LogP contribution is 2.22. The van der Waals surface area contributed by atoms with Crippen molar-refractivity contribution in [3.8, 4) is 0 Å². The summed E-state index contributed by atoms with van der Waals surface area (Å²) in [7, 11) is 0. The first kappa shape index (κ1) is 14.9. The number of benzene rings is 2. The van der Waals surface area contributed by atoms with E-state index in [0.717, 1.165) is 0 Å². The van der Waals surface area contributed by atoms with Crippen LogP contribution in [0.1, 0.15) is 11.1 Å². The van der Waals surface area contributed by atoms with Crippen molar-refractivity contribution in [2.24, 2.45) is 5.73 Å². The van der Waals surface area contributed by atoms with Crippen LogP contribution >= 0.6 is 11.6 Å². The lowest BCUT2D eigenvalue weighted by molar-refractivity contribution is 0.528. The summed E-state index contributed by atoms with van der Waals surface area (Å²) in [4.78, 5) is 0. The van der Waals surface area contributed by atoms with E-state index in [4.69, 9.17) is 17.3 Å². The van der Waals surface area contributed by atoms with Gasteiger partial charge in [0.1, 0.15) is 17.5 Å². The van der Waals surface area contributed by atoms with Gasteiger partial charge >= 0.3 is 0 Å². The van der Waals surface area contributed by atoms with Crippen LogP contribution in [-0.2, 0) is 12.8 Å². The maximum absolute atomic E-state index is 13.6. The third-order valence-electron chi connectivity index (χ3n) is 3.06. The van der Waals surface area contributed by atoms with Crippen molar-refractivity contribution in [2.75, 3.05) is 0 Å². The van der Waals surface area contributed by atoms with Crippen LogP contribution in [0.15, 0.2) is 36.4 Å². The van der Waals surface area contributed by atoms with Gasteiger partial charge in [0.15, 0.2) is 0 Å². The topological polar surface area (TPSA) is 26.0 Å². The van der Waals surface area contributed by atoms with Crippen molar-refractivity contribution >= 4 is 11.6 Å². The maximum atomic E-state index is 13.6. The Morgan fingerprint density at radius 2 is 1.30 bits per heavy atom. The molecule has 5 heteroatoms. The lowest BCUT2D eigenvalue weighted by atomic mass is 9.98. The van der Waals surface area contributed by atoms with Crippen LogP contribution in [0.3, 0.4) is 0 Å². The quantitative estimate of drug-likeness (QED) is 0.911. The normalized spacial score (nSPS) is 12.4. The molecule has 1 nitrogen and oxygen atoms in total. The highest BCUT2D eigenvalue weighted by molar-refractivity contribution is 6.31. The molecule has 0 heterocycles. The molecule has 20 heavy (non-hydrogen) atoms. The summed E-state index contributed by atoms with van der Waals surface area (Å²) in [6, 6.07) is 7.31. The fraction of sp³-hybridized carbons (Fsp3) is 0.200. The van der Waals surface area contributed by atoms with Gasteiger partial charge in [-0.25, -0.2) is 13.2 Å². The molecule has 106 valence electrons. The number of hydrogen-bond acceptors (Lipinski definition) is 1. The lowest BCUT2D eigenvalue weighted by Gasteiger charge is -2.14. The fourth-order valence-electron chi connectivity index (χ4n) is 2.05. The molecule has 2 N–H and O–H groups in total. The zero-order valence-corrected chi connectivity index (χ0v) is 11.3. The van der Waals surface area contributed by atoms with Gasteiger partial charge in [-0.2, -0.15) is 0 Å². The van der Waals surface area contributed by atoms with E-state index in [-0.39, 0.29) is 29.0 Å². The van der Waals surface area contributed by atoms with Crippen LogP contribution in [0.2, 0.25) is 5.02 Å². The van der Waals surface area contributed by atoms with Crippen molar-refractivity contribution in [1.29, 1.82) is 0 Å². The largest absolute Gasteiger partial charge is 0.327 e. The Morgan fingerprint density at radius 3 is 1.85 bits per heavy atom. The average molecular weight is 300 g/mol. The molecule has 0 saturated heterocycles. The minimum absolute atomic E-state index is 0.0246. The second-order valence-corrected chi connectivity index (χ2v) is 4.98. The zero-order valence-electron chi connectivity index (χ0n) is 10.5. The summed E-state index contributed by atoms with van der Waals surface area (Å²) in [6.45, 7) is 0. The molecule has 0 aliphatic rings. The zero-order chi connectivity index (χ0) is 14.7. The molecule has 0 aliphatic heterocycles. The van der Waals surface area contributed by atoms with Gasteiger partial charge in [-0.05, 0) is 37.1 Å². The standard InChI is InChI=1S/C15H13ClF3N/c16-12-3-1-4-13(17)10(12)7-9(20)8-11-14(18)5-2-6-15(11)19/h1-6,9H,7-8,20H2. The molecule has 0 amide bonds. The monoisotopic (exact) mass is 299 g/mol. The Morgan fingerprint density at radius 1 is 0.850 bits per heavy atom. The molecule has 2 aromatic rings. The molecule has 0 bridgehead atoms. The second kappa shape index (κ2) is 6.29. The molecule has 2 aromatic carbocycles. The summed E-state index contributed by atoms with van der Waals surface area (Å²) in [5.41, 5.74) is 6.03. The number of rotatable bonds is 4. The van der Waals surface area contributed by atoms with E-state index >= 15 is 0 Å². The van der Waals surface area contributed by atoms with E-state index in [1.807, 2.05) is 0 Å². The van der Waals surface area contributed by atoms with Gasteiger partial charge in [0.25, 0.3) is 0 Å². The predicted molar refractivity (Wildman–Crippen MR) is 73.2 cm³/mol. The van der Waals surface area contributed by atoms with Crippen LogP contribution < -0.4 is 5.73 Å². The smallest absolute Gasteiger partial charge is 0.129 e. The number of halogens is 4. The predicted octanol–water partition coefficient (Wildman–Crippen LogP) is 3.87. The van der Waals surface area contributed by atoms with E-state index < -0.39 is 23.5 Å². The van der Waals surface area contributed by atoms with Crippen molar-refractivity contribution in [1.82, 2.24) is 0 Å². The second-order valence-electron chi connectivity index (χ2n) is 4.57. The molecule has 0 aromatic heterocycles. The van der Waals surface area contributed by atoms with Gasteiger partial charge in [0.05, 0.1) is 0 Å². The third-order valence-corrected chi connectivity index (χ3v) is 3.41. The summed E-state index contributed by atoms with van der Waals surface area (Å²) < 4.78 is 40.6. The van der Waals surface area contributed by atoms with Crippen LogP contribution in [0, 0.1) is 17.5 Å². The van der Waals surface area contributed by atoms with E-state index in [2.05, 4.69) is 0 Å². The Labute approximate surface area is 120 Å². The van der Waals surface area contributed by atoms with Crippen molar-refractivity contribution < 1.29 is 13.2 Å². The van der Waals surface area contributed by atoms with Crippen LogP contribution in [-0.4, -0.2) is 6.04 Å². The molecular formula is C15H13ClF3N. The van der Waals surface area contributed by atoms with Crippen LogP contribution in [0.4, 0.5) is 13.2 Å². The van der Waals surface area contributed by atoms with Crippen molar-refractivity contribution in [3.05, 3.63) is 70.0 Å². The molecule has 0 saturated carbocycles. The first-order valence-corrected chi connectivity index (χ1v) is 6.48. The van der Waals surface area contributed by atoms with Crippen LogP contribution in [0.5, 0.6) is 0 Å².